The second-order valence-electron chi connectivity index (χ2n) is 6.11. The minimum Gasteiger partial charge on any atom is -0.315 e. The van der Waals surface area contributed by atoms with E-state index in [0.29, 0.717) is 11.5 Å². The molecule has 2 nitrogen and oxygen atoms in total. The summed E-state index contributed by atoms with van der Waals surface area (Å²) in [6.07, 6.45) is 5.30. The number of likely N-dealkylation sites (tertiary alicyclic amines) is 1. The third-order valence-electron chi connectivity index (χ3n) is 3.92. The van der Waals surface area contributed by atoms with Gasteiger partial charge in [0, 0.05) is 12.6 Å². The van der Waals surface area contributed by atoms with Crippen LogP contribution in [0, 0.1) is 5.41 Å². The van der Waals surface area contributed by atoms with Crippen molar-refractivity contribution in [3.05, 3.63) is 0 Å². The summed E-state index contributed by atoms with van der Waals surface area (Å²) in [7, 11) is 0. The number of nitrogens with zero attached hydrogens (tertiary/aromatic N) is 1. The van der Waals surface area contributed by atoms with Crippen LogP contribution in [0.15, 0.2) is 0 Å². The second-order valence-corrected chi connectivity index (χ2v) is 6.11. The van der Waals surface area contributed by atoms with Crippen LogP contribution in [0.3, 0.4) is 0 Å². The third-order valence-corrected chi connectivity index (χ3v) is 3.92. The van der Waals surface area contributed by atoms with Gasteiger partial charge in [0.1, 0.15) is 0 Å². The molecule has 0 aromatic heterocycles. The van der Waals surface area contributed by atoms with Crippen LogP contribution in [-0.2, 0) is 0 Å². The highest BCUT2D eigenvalue weighted by Crippen LogP contribution is 2.30. The second kappa shape index (κ2) is 6.61. The predicted octanol–water partition coefficient (Wildman–Crippen LogP) is 2.89. The van der Waals surface area contributed by atoms with Crippen LogP contribution >= 0.6 is 0 Å². The topological polar surface area (TPSA) is 15.3 Å². The number of hydrogen-bond acceptors (Lipinski definition) is 2. The molecule has 1 aliphatic heterocycles. The molecular weight excluding hydrogens is 196 g/mol. The van der Waals surface area contributed by atoms with E-state index in [1.165, 1.54) is 45.3 Å². The maximum Gasteiger partial charge on any atom is 0.0192 e. The lowest BCUT2D eigenvalue weighted by Crippen LogP contribution is -2.46. The highest BCUT2D eigenvalue weighted by atomic mass is 15.2. The van der Waals surface area contributed by atoms with Crippen LogP contribution in [-0.4, -0.2) is 37.1 Å². The van der Waals surface area contributed by atoms with E-state index in [0.717, 1.165) is 6.54 Å². The first-order valence-electron chi connectivity index (χ1n) is 7.00. The summed E-state index contributed by atoms with van der Waals surface area (Å²) in [5.41, 5.74) is 0.575. The van der Waals surface area contributed by atoms with E-state index in [-0.39, 0.29) is 0 Å². The molecule has 0 aromatic rings. The lowest BCUT2D eigenvalue weighted by atomic mass is 9.82. The summed E-state index contributed by atoms with van der Waals surface area (Å²) in [5.74, 6) is 0. The first-order valence-corrected chi connectivity index (χ1v) is 7.00. The molecule has 0 bridgehead atoms. The van der Waals surface area contributed by atoms with Gasteiger partial charge in [0.2, 0.25) is 0 Å². The fourth-order valence-electron chi connectivity index (χ4n) is 2.31. The standard InChI is InChI=1S/C14H30N2/c1-5-6-9-15-12-13(2)16-10-7-14(3,4)8-11-16/h13,15H,5-12H2,1-4H3. The van der Waals surface area contributed by atoms with Gasteiger partial charge in [-0.1, -0.05) is 27.2 Å². The van der Waals surface area contributed by atoms with Crippen LogP contribution in [0.4, 0.5) is 0 Å². The Morgan fingerprint density at radius 1 is 1.25 bits per heavy atom. The lowest BCUT2D eigenvalue weighted by molar-refractivity contribution is 0.0998. The highest BCUT2D eigenvalue weighted by molar-refractivity contribution is 4.81. The lowest BCUT2D eigenvalue weighted by Gasteiger charge is -2.40. The Hall–Kier alpha value is -0.0800. The van der Waals surface area contributed by atoms with Crippen molar-refractivity contribution in [2.24, 2.45) is 5.41 Å². The molecule has 0 aromatic carbocycles. The zero-order valence-electron chi connectivity index (χ0n) is 11.7. The van der Waals surface area contributed by atoms with Crippen LogP contribution in [0.2, 0.25) is 0 Å². The van der Waals surface area contributed by atoms with Crippen molar-refractivity contribution in [2.75, 3.05) is 26.2 Å². The molecule has 0 spiro atoms. The van der Waals surface area contributed by atoms with E-state index >= 15 is 0 Å². The Morgan fingerprint density at radius 2 is 1.88 bits per heavy atom. The minimum atomic E-state index is 0.575. The molecule has 1 aliphatic rings. The number of unbranched alkanes of at least 4 members (excludes halogenated alkanes) is 1. The van der Waals surface area contributed by atoms with Gasteiger partial charge in [-0.3, -0.25) is 4.90 Å². The van der Waals surface area contributed by atoms with Crippen molar-refractivity contribution >= 4 is 0 Å². The number of hydrogen-bond donors (Lipinski definition) is 1. The van der Waals surface area contributed by atoms with Gasteiger partial charge < -0.3 is 5.32 Å². The van der Waals surface area contributed by atoms with Crippen molar-refractivity contribution < 1.29 is 0 Å². The minimum absolute atomic E-state index is 0.575. The van der Waals surface area contributed by atoms with Gasteiger partial charge in [-0.15, -0.1) is 0 Å². The average Bonchev–Trinajstić information content (AvgIpc) is 2.24. The molecule has 1 fully saturated rings. The molecule has 0 saturated carbocycles. The van der Waals surface area contributed by atoms with Crippen molar-refractivity contribution in [1.29, 1.82) is 0 Å². The molecule has 1 N–H and O–H groups in total. The van der Waals surface area contributed by atoms with E-state index in [9.17, 15) is 0 Å². The Balaban J connectivity index is 2.15. The molecular formula is C14H30N2. The van der Waals surface area contributed by atoms with E-state index in [1.807, 2.05) is 0 Å². The summed E-state index contributed by atoms with van der Waals surface area (Å²) in [6, 6.07) is 0.702. The maximum atomic E-state index is 3.56. The van der Waals surface area contributed by atoms with E-state index in [4.69, 9.17) is 0 Å². The smallest absolute Gasteiger partial charge is 0.0192 e. The number of rotatable bonds is 6. The first-order chi connectivity index (χ1) is 7.55. The SMILES string of the molecule is CCCCNCC(C)N1CCC(C)(C)CC1. The van der Waals surface area contributed by atoms with Gasteiger partial charge in [0.25, 0.3) is 0 Å². The van der Waals surface area contributed by atoms with Gasteiger partial charge in [-0.05, 0) is 51.2 Å². The summed E-state index contributed by atoms with van der Waals surface area (Å²) in [6.45, 7) is 14.3. The molecule has 0 radical (unpaired) electrons. The third kappa shape index (κ3) is 4.84. The van der Waals surface area contributed by atoms with Gasteiger partial charge in [0.15, 0.2) is 0 Å². The monoisotopic (exact) mass is 226 g/mol. The van der Waals surface area contributed by atoms with Crippen LogP contribution in [0.1, 0.15) is 53.4 Å². The summed E-state index contributed by atoms with van der Waals surface area (Å²) in [5, 5.41) is 3.56. The van der Waals surface area contributed by atoms with E-state index < -0.39 is 0 Å². The van der Waals surface area contributed by atoms with Gasteiger partial charge in [-0.25, -0.2) is 0 Å². The van der Waals surface area contributed by atoms with Crippen LogP contribution in [0.25, 0.3) is 0 Å². The predicted molar refractivity (Wildman–Crippen MR) is 71.8 cm³/mol. The zero-order chi connectivity index (χ0) is 12.0. The fraction of sp³-hybridized carbons (Fsp3) is 1.00. The maximum absolute atomic E-state index is 3.56. The molecule has 0 aliphatic carbocycles. The Kier molecular flexibility index (Phi) is 5.77. The molecule has 2 heteroatoms. The van der Waals surface area contributed by atoms with Crippen molar-refractivity contribution in [3.8, 4) is 0 Å². The summed E-state index contributed by atoms with van der Waals surface area (Å²) >= 11 is 0. The Morgan fingerprint density at radius 3 is 2.44 bits per heavy atom. The zero-order valence-corrected chi connectivity index (χ0v) is 11.7. The van der Waals surface area contributed by atoms with Crippen molar-refractivity contribution in [3.63, 3.8) is 0 Å². The number of piperidine rings is 1. The van der Waals surface area contributed by atoms with E-state index in [1.54, 1.807) is 0 Å². The molecule has 1 unspecified atom stereocenters. The van der Waals surface area contributed by atoms with Gasteiger partial charge in [0.05, 0.1) is 0 Å². The molecule has 1 heterocycles. The molecule has 1 atom stereocenters. The first kappa shape index (κ1) is 14.0. The molecule has 1 rings (SSSR count). The largest absolute Gasteiger partial charge is 0.315 e. The van der Waals surface area contributed by atoms with Gasteiger partial charge in [-0.2, -0.15) is 0 Å². The van der Waals surface area contributed by atoms with E-state index in [2.05, 4.69) is 37.9 Å². The summed E-state index contributed by atoms with van der Waals surface area (Å²) in [4.78, 5) is 2.64. The number of nitrogens with one attached hydrogen (secondary N) is 1. The van der Waals surface area contributed by atoms with Crippen molar-refractivity contribution in [1.82, 2.24) is 10.2 Å². The Labute approximate surface area is 102 Å². The molecule has 16 heavy (non-hydrogen) atoms. The molecule has 1 saturated heterocycles. The van der Waals surface area contributed by atoms with Crippen molar-refractivity contribution in [2.45, 2.75) is 59.4 Å². The quantitative estimate of drug-likeness (QED) is 0.701. The van der Waals surface area contributed by atoms with Crippen LogP contribution < -0.4 is 5.32 Å². The molecule has 96 valence electrons. The molecule has 0 amide bonds. The highest BCUT2D eigenvalue weighted by Gasteiger charge is 2.27. The normalized spacial score (nSPS) is 23.2. The average molecular weight is 226 g/mol. The summed E-state index contributed by atoms with van der Waals surface area (Å²) < 4.78 is 0. The van der Waals surface area contributed by atoms with Gasteiger partial charge >= 0.3 is 0 Å². The fourth-order valence-corrected chi connectivity index (χ4v) is 2.31. The van der Waals surface area contributed by atoms with Crippen LogP contribution in [0.5, 0.6) is 0 Å². The Bertz CT molecular complexity index is 179.